The average molecular weight is 831 g/mol. The maximum Gasteiger partial charge on any atom is 0.433 e. The lowest BCUT2D eigenvalue weighted by Gasteiger charge is -2.28. The van der Waals surface area contributed by atoms with Crippen molar-refractivity contribution in [3.8, 4) is 11.1 Å². The van der Waals surface area contributed by atoms with Gasteiger partial charge in [0.15, 0.2) is 5.78 Å². The van der Waals surface area contributed by atoms with Crippen LogP contribution in [0.5, 0.6) is 0 Å². The van der Waals surface area contributed by atoms with Crippen molar-refractivity contribution in [2.24, 2.45) is 5.41 Å². The van der Waals surface area contributed by atoms with Crippen molar-refractivity contribution >= 4 is 40.4 Å². The molecule has 3 atom stereocenters. The third-order valence-electron chi connectivity index (χ3n) is 10.5. The number of ketones is 1. The van der Waals surface area contributed by atoms with E-state index in [0.717, 1.165) is 6.07 Å². The van der Waals surface area contributed by atoms with Gasteiger partial charge in [0.05, 0.1) is 25.3 Å². The maximum atomic E-state index is 14.7. The molecule has 17 heteroatoms. The Morgan fingerprint density at radius 1 is 1.03 bits per heavy atom. The fourth-order valence-electron chi connectivity index (χ4n) is 7.61. The molecule has 14 nitrogen and oxygen atoms in total. The van der Waals surface area contributed by atoms with E-state index in [1.807, 2.05) is 6.07 Å². The fourth-order valence-corrected chi connectivity index (χ4v) is 7.61. The van der Waals surface area contributed by atoms with Crippen LogP contribution in [-0.4, -0.2) is 95.7 Å². The first kappa shape index (κ1) is 43.6. The van der Waals surface area contributed by atoms with Crippen LogP contribution in [0.1, 0.15) is 80.1 Å². The highest BCUT2D eigenvalue weighted by atomic mass is 19.4. The molecule has 2 fully saturated rings. The molecule has 0 bridgehead atoms. The molecule has 1 N–H and O–H groups in total. The Balaban J connectivity index is 1.42. The Morgan fingerprint density at radius 3 is 2.38 bits per heavy atom. The van der Waals surface area contributed by atoms with Crippen molar-refractivity contribution in [1.29, 1.82) is 0 Å². The van der Waals surface area contributed by atoms with Gasteiger partial charge in [0.25, 0.3) is 0 Å². The zero-order valence-electron chi connectivity index (χ0n) is 34.6. The van der Waals surface area contributed by atoms with E-state index < -0.39 is 59.4 Å². The minimum atomic E-state index is -4.74. The number of carbonyl (C=O) groups is 4. The Hall–Kier alpha value is -5.97. The zero-order valence-corrected chi connectivity index (χ0v) is 34.6. The molecule has 318 valence electrons. The third-order valence-corrected chi connectivity index (χ3v) is 10.5. The third kappa shape index (κ3) is 9.40. The molecule has 60 heavy (non-hydrogen) atoms. The average Bonchev–Trinajstić information content (AvgIpc) is 3.57. The van der Waals surface area contributed by atoms with Gasteiger partial charge >= 0.3 is 12.3 Å². The van der Waals surface area contributed by atoms with Crippen molar-refractivity contribution in [3.05, 3.63) is 90.3 Å². The maximum absolute atomic E-state index is 14.7. The summed E-state index contributed by atoms with van der Waals surface area (Å²) in [6.07, 6.45) is 2.38. The number of pyridine rings is 1. The number of hydrogen-bond donors (Lipinski definition) is 1. The number of rotatable bonds is 15. The quantitative estimate of drug-likeness (QED) is 0.0735. The van der Waals surface area contributed by atoms with Gasteiger partial charge in [-0.2, -0.15) is 18.3 Å². The van der Waals surface area contributed by atoms with Gasteiger partial charge in [-0.05, 0) is 88.8 Å². The number of benzene rings is 1. The summed E-state index contributed by atoms with van der Waals surface area (Å²) < 4.78 is 53.8. The molecule has 3 amide bonds. The van der Waals surface area contributed by atoms with Gasteiger partial charge in [-0.15, -0.1) is 13.2 Å². The number of nitrogens with one attached hydrogen (secondary N) is 1. The number of amides is 3. The van der Waals surface area contributed by atoms with Crippen LogP contribution in [0.2, 0.25) is 0 Å². The first-order valence-electron chi connectivity index (χ1n) is 19.5. The standard InChI is InChI=1S/C43H49F3N8O6/c1-9-11-14-52(40(58)60-41(6,7)8)22-29-16-28(30-20-47-27(5)48-21-30)17-31-36(26(4)55)51-53(37(29)31)23-35(56)54-32(18-42(19-34(42)54)24-59-15-10-2)39(57)50-38-25(3)12-13-33(49-38)43(44,45)46/h9-10,12-13,16-17,20-21,32,34H,1-2,11,14-15,18-19,22-24H2,3-8H3,(H,49,50,57)/t32-,34+,42-/m0/s1. The number of piperidine rings is 1. The first-order chi connectivity index (χ1) is 28.2. The molecular weight excluding hydrogens is 782 g/mol. The van der Waals surface area contributed by atoms with Crippen molar-refractivity contribution < 1.29 is 41.8 Å². The Morgan fingerprint density at radius 2 is 1.75 bits per heavy atom. The minimum absolute atomic E-state index is 0.0124. The number of fused-ring (bicyclic) bond motifs is 2. The molecular formula is C43H49F3N8O6. The van der Waals surface area contributed by atoms with Crippen LogP contribution in [0.25, 0.3) is 22.0 Å². The van der Waals surface area contributed by atoms with Crippen LogP contribution in [0.4, 0.5) is 23.8 Å². The molecule has 3 aromatic heterocycles. The summed E-state index contributed by atoms with van der Waals surface area (Å²) in [5.74, 6) is -1.32. The molecule has 2 aliphatic rings. The van der Waals surface area contributed by atoms with E-state index in [1.54, 1.807) is 58.3 Å². The molecule has 1 saturated heterocycles. The number of aryl methyl sites for hydroxylation is 2. The number of Topliss-reactive ketones (excluding diaryl/α,β-unsaturated/α-hetero) is 1. The van der Waals surface area contributed by atoms with Crippen LogP contribution in [0.3, 0.4) is 0 Å². The molecule has 1 saturated carbocycles. The van der Waals surface area contributed by atoms with Gasteiger partial charge < -0.3 is 24.6 Å². The lowest BCUT2D eigenvalue weighted by molar-refractivity contribution is -0.141. The summed E-state index contributed by atoms with van der Waals surface area (Å²) in [4.78, 5) is 71.0. The zero-order chi connectivity index (χ0) is 43.7. The minimum Gasteiger partial charge on any atom is -0.444 e. The topological polar surface area (TPSA) is 162 Å². The van der Waals surface area contributed by atoms with Crippen molar-refractivity contribution in [2.75, 3.05) is 25.1 Å². The second-order valence-electron chi connectivity index (χ2n) is 16.3. The number of likely N-dealkylation sites (tertiary alicyclic amines) is 1. The molecule has 0 unspecified atom stereocenters. The summed E-state index contributed by atoms with van der Waals surface area (Å²) >= 11 is 0. The second-order valence-corrected chi connectivity index (χ2v) is 16.3. The number of ether oxygens (including phenoxy) is 2. The Kier molecular flexibility index (Phi) is 12.3. The van der Waals surface area contributed by atoms with Gasteiger partial charge in [0, 0.05) is 48.3 Å². The van der Waals surface area contributed by atoms with E-state index in [2.05, 4.69) is 38.5 Å². The number of carbonyl (C=O) groups excluding carboxylic acids is 4. The summed E-state index contributed by atoms with van der Waals surface area (Å²) in [5.41, 5.74) is 0.0255. The molecule has 0 spiro atoms. The smallest absolute Gasteiger partial charge is 0.433 e. The fraction of sp³-hybridized carbons (Fsp3) is 0.442. The highest BCUT2D eigenvalue weighted by molar-refractivity contribution is 6.07. The lowest BCUT2D eigenvalue weighted by atomic mass is 9.99. The second kappa shape index (κ2) is 17.0. The van der Waals surface area contributed by atoms with Crippen LogP contribution >= 0.6 is 0 Å². The largest absolute Gasteiger partial charge is 0.444 e. The van der Waals surface area contributed by atoms with Crippen molar-refractivity contribution in [1.82, 2.24) is 34.5 Å². The van der Waals surface area contributed by atoms with E-state index in [0.29, 0.717) is 51.8 Å². The monoisotopic (exact) mass is 830 g/mol. The van der Waals surface area contributed by atoms with E-state index in [-0.39, 0.29) is 50.0 Å². The van der Waals surface area contributed by atoms with Gasteiger partial charge in [-0.3, -0.25) is 19.1 Å². The van der Waals surface area contributed by atoms with E-state index in [9.17, 15) is 32.3 Å². The van der Waals surface area contributed by atoms with Crippen LogP contribution in [0.15, 0.2) is 62.0 Å². The number of halogens is 3. The van der Waals surface area contributed by atoms with Gasteiger partial charge in [-0.25, -0.2) is 19.7 Å². The van der Waals surface area contributed by atoms with Crippen LogP contribution in [0, 0.1) is 19.3 Å². The number of aromatic nitrogens is 5. The number of hydrogen-bond acceptors (Lipinski definition) is 10. The predicted octanol–water partition coefficient (Wildman–Crippen LogP) is 7.24. The van der Waals surface area contributed by atoms with E-state index >= 15 is 0 Å². The lowest BCUT2D eigenvalue weighted by Crippen LogP contribution is -2.47. The molecule has 1 aliphatic heterocycles. The summed E-state index contributed by atoms with van der Waals surface area (Å²) in [7, 11) is 0. The predicted molar refractivity (Wildman–Crippen MR) is 217 cm³/mol. The van der Waals surface area contributed by atoms with Gasteiger partial charge in [0.1, 0.15) is 41.2 Å². The summed E-state index contributed by atoms with van der Waals surface area (Å²) in [6.45, 7) is 17.7. The molecule has 4 aromatic rings. The molecule has 1 aliphatic carbocycles. The van der Waals surface area contributed by atoms with Crippen LogP contribution in [-0.2, 0) is 38.3 Å². The number of nitrogens with zero attached hydrogens (tertiary/aromatic N) is 7. The van der Waals surface area contributed by atoms with Crippen LogP contribution < -0.4 is 5.32 Å². The van der Waals surface area contributed by atoms with Gasteiger partial charge in [-0.1, -0.05) is 18.2 Å². The normalized spacial score (nSPS) is 18.5. The Bertz CT molecular complexity index is 2340. The van der Waals surface area contributed by atoms with Crippen molar-refractivity contribution in [3.63, 3.8) is 0 Å². The van der Waals surface area contributed by atoms with Crippen molar-refractivity contribution in [2.45, 2.75) is 97.8 Å². The molecule has 4 heterocycles. The highest BCUT2D eigenvalue weighted by Crippen LogP contribution is 2.60. The number of anilines is 1. The highest BCUT2D eigenvalue weighted by Gasteiger charge is 2.67. The molecule has 6 rings (SSSR count). The Labute approximate surface area is 345 Å². The molecule has 0 radical (unpaired) electrons. The van der Waals surface area contributed by atoms with E-state index in [4.69, 9.17) is 9.47 Å². The summed E-state index contributed by atoms with van der Waals surface area (Å²) in [5, 5.41) is 7.63. The summed E-state index contributed by atoms with van der Waals surface area (Å²) in [6, 6.07) is 4.12. The number of alkyl halides is 3. The van der Waals surface area contributed by atoms with E-state index in [1.165, 1.54) is 34.4 Å². The SMILES string of the molecule is C=CCCN(Cc1cc(-c2cnc(C)nc2)cc2c(C(C)=O)nn(CC(=O)N3[C@H](C(=O)Nc4nc(C(F)(F)F)ccc4C)C[C@@]4(COCC=C)C[C@@H]34)c12)C(=O)OC(C)(C)C. The first-order valence-corrected chi connectivity index (χ1v) is 19.5. The molecule has 1 aromatic carbocycles. The van der Waals surface area contributed by atoms with Gasteiger partial charge in [0.2, 0.25) is 11.8 Å².